The van der Waals surface area contributed by atoms with E-state index in [0.29, 0.717) is 10.7 Å². The summed E-state index contributed by atoms with van der Waals surface area (Å²) in [7, 11) is 0. The number of amides is 1. The van der Waals surface area contributed by atoms with Gasteiger partial charge in [0.1, 0.15) is 0 Å². The van der Waals surface area contributed by atoms with Crippen molar-refractivity contribution in [1.29, 1.82) is 0 Å². The summed E-state index contributed by atoms with van der Waals surface area (Å²) in [4.78, 5) is 11.8. The number of hydrogen-bond donors (Lipinski definition) is 1. The highest BCUT2D eigenvalue weighted by Crippen LogP contribution is 2.35. The van der Waals surface area contributed by atoms with E-state index >= 15 is 0 Å². The Morgan fingerprint density at radius 1 is 1.04 bits per heavy atom. The second-order valence-electron chi connectivity index (χ2n) is 4.54. The number of anilines is 1. The molecule has 0 saturated heterocycles. The molecule has 0 heterocycles. The first-order chi connectivity index (χ1) is 10.8. The van der Waals surface area contributed by atoms with Gasteiger partial charge in [-0.05, 0) is 35.9 Å². The van der Waals surface area contributed by atoms with Gasteiger partial charge in [-0.1, -0.05) is 41.4 Å². The molecule has 0 aliphatic carbocycles. The zero-order valence-electron chi connectivity index (χ0n) is 11.5. The van der Waals surface area contributed by atoms with Crippen LogP contribution in [-0.2, 0) is 11.0 Å². The number of rotatable bonds is 3. The van der Waals surface area contributed by atoms with E-state index in [-0.39, 0.29) is 5.56 Å². The van der Waals surface area contributed by atoms with E-state index in [2.05, 4.69) is 5.32 Å². The first-order valence-electron chi connectivity index (χ1n) is 6.38. The zero-order valence-corrected chi connectivity index (χ0v) is 13.0. The first kappa shape index (κ1) is 17.4. The Balaban J connectivity index is 2.14. The van der Waals surface area contributed by atoms with Crippen LogP contribution in [0, 0.1) is 0 Å². The maximum Gasteiger partial charge on any atom is 0.417 e. The molecule has 2 rings (SSSR count). The molecule has 0 bridgehead atoms. The average molecular weight is 360 g/mol. The van der Waals surface area contributed by atoms with Gasteiger partial charge in [0.05, 0.1) is 21.3 Å². The Labute approximate surface area is 140 Å². The maximum atomic E-state index is 12.8. The van der Waals surface area contributed by atoms with Crippen LogP contribution in [-0.4, -0.2) is 5.91 Å². The van der Waals surface area contributed by atoms with E-state index in [9.17, 15) is 18.0 Å². The van der Waals surface area contributed by atoms with Crippen molar-refractivity contribution < 1.29 is 18.0 Å². The van der Waals surface area contributed by atoms with E-state index in [1.807, 2.05) is 0 Å². The molecule has 0 fully saturated rings. The molecule has 1 N–H and O–H groups in total. The van der Waals surface area contributed by atoms with Crippen molar-refractivity contribution in [2.24, 2.45) is 0 Å². The molecule has 0 spiro atoms. The Hall–Kier alpha value is -1.98. The van der Waals surface area contributed by atoms with Crippen molar-refractivity contribution in [2.45, 2.75) is 6.18 Å². The molecule has 2 aromatic rings. The molecule has 2 aromatic carbocycles. The highest BCUT2D eigenvalue weighted by atomic mass is 35.5. The standard InChI is InChI=1S/C16H10Cl2F3NO/c17-12-7-5-10(9-11(12)16(19,20)21)6-8-15(23)22-14-4-2-1-3-13(14)18/h1-9H,(H,22,23)/b8-6+. The number of carbonyl (C=O) groups excluding carboxylic acids is 1. The minimum atomic E-state index is -4.55. The number of nitrogens with one attached hydrogen (secondary N) is 1. The fourth-order valence-electron chi connectivity index (χ4n) is 1.77. The fourth-order valence-corrected chi connectivity index (χ4v) is 2.18. The Kier molecular flexibility index (Phi) is 5.34. The summed E-state index contributed by atoms with van der Waals surface area (Å²) < 4.78 is 38.3. The van der Waals surface area contributed by atoms with Crippen LogP contribution in [0.25, 0.3) is 6.08 Å². The predicted molar refractivity (Wildman–Crippen MR) is 85.6 cm³/mol. The van der Waals surface area contributed by atoms with Gasteiger partial charge in [-0.25, -0.2) is 0 Å². The molecular weight excluding hydrogens is 350 g/mol. The summed E-state index contributed by atoms with van der Waals surface area (Å²) in [6.07, 6.45) is -2.18. The number of benzene rings is 2. The van der Waals surface area contributed by atoms with Gasteiger partial charge in [0.15, 0.2) is 0 Å². The summed E-state index contributed by atoms with van der Waals surface area (Å²) in [6.45, 7) is 0. The number of hydrogen-bond acceptors (Lipinski definition) is 1. The van der Waals surface area contributed by atoms with Crippen molar-refractivity contribution in [1.82, 2.24) is 0 Å². The van der Waals surface area contributed by atoms with Crippen LogP contribution < -0.4 is 5.32 Å². The molecule has 120 valence electrons. The van der Waals surface area contributed by atoms with Gasteiger partial charge in [-0.2, -0.15) is 13.2 Å². The van der Waals surface area contributed by atoms with Gasteiger partial charge < -0.3 is 5.32 Å². The molecule has 0 saturated carbocycles. The van der Waals surface area contributed by atoms with Crippen LogP contribution in [0.2, 0.25) is 10.0 Å². The van der Waals surface area contributed by atoms with Gasteiger partial charge in [0.25, 0.3) is 0 Å². The van der Waals surface area contributed by atoms with Crippen LogP contribution >= 0.6 is 23.2 Å². The molecule has 7 heteroatoms. The van der Waals surface area contributed by atoms with E-state index in [1.54, 1.807) is 24.3 Å². The highest BCUT2D eigenvalue weighted by molar-refractivity contribution is 6.33. The van der Waals surface area contributed by atoms with E-state index in [0.717, 1.165) is 18.2 Å². The quantitative estimate of drug-likeness (QED) is 0.703. The van der Waals surface area contributed by atoms with Crippen molar-refractivity contribution in [2.75, 3.05) is 5.32 Å². The molecule has 0 aliphatic rings. The fraction of sp³-hybridized carbons (Fsp3) is 0.0625. The van der Waals surface area contributed by atoms with Crippen LogP contribution in [0.3, 0.4) is 0 Å². The largest absolute Gasteiger partial charge is 0.417 e. The van der Waals surface area contributed by atoms with Gasteiger partial charge in [-0.3, -0.25) is 4.79 Å². The summed E-state index contributed by atoms with van der Waals surface area (Å²) in [5.41, 5.74) is -0.334. The summed E-state index contributed by atoms with van der Waals surface area (Å²) >= 11 is 11.4. The normalized spacial score (nSPS) is 11.7. The van der Waals surface area contributed by atoms with Crippen molar-refractivity contribution in [3.05, 3.63) is 69.7 Å². The lowest BCUT2D eigenvalue weighted by Crippen LogP contribution is -2.08. The first-order valence-corrected chi connectivity index (χ1v) is 7.13. The molecule has 2 nitrogen and oxygen atoms in total. The second kappa shape index (κ2) is 7.06. The van der Waals surface area contributed by atoms with E-state index in [4.69, 9.17) is 23.2 Å². The van der Waals surface area contributed by atoms with Crippen LogP contribution in [0.15, 0.2) is 48.5 Å². The highest BCUT2D eigenvalue weighted by Gasteiger charge is 2.33. The minimum Gasteiger partial charge on any atom is -0.321 e. The molecule has 0 unspecified atom stereocenters. The number of carbonyl (C=O) groups is 1. The monoisotopic (exact) mass is 359 g/mol. The molecular formula is C16H10Cl2F3NO. The van der Waals surface area contributed by atoms with Crippen LogP contribution in [0.4, 0.5) is 18.9 Å². The van der Waals surface area contributed by atoms with Crippen molar-refractivity contribution in [3.8, 4) is 0 Å². The maximum absolute atomic E-state index is 12.8. The van der Waals surface area contributed by atoms with E-state index < -0.39 is 22.7 Å². The third kappa shape index (κ3) is 4.74. The molecule has 0 aliphatic heterocycles. The molecule has 0 radical (unpaired) electrons. The Morgan fingerprint density at radius 3 is 2.39 bits per heavy atom. The lowest BCUT2D eigenvalue weighted by molar-refractivity contribution is -0.137. The van der Waals surface area contributed by atoms with Gasteiger partial charge in [0.2, 0.25) is 5.91 Å². The number of para-hydroxylation sites is 1. The van der Waals surface area contributed by atoms with Crippen molar-refractivity contribution >= 4 is 40.9 Å². The Morgan fingerprint density at radius 2 is 1.74 bits per heavy atom. The van der Waals surface area contributed by atoms with Crippen molar-refractivity contribution in [3.63, 3.8) is 0 Å². The lowest BCUT2D eigenvalue weighted by Gasteiger charge is -2.09. The smallest absolute Gasteiger partial charge is 0.321 e. The third-order valence-electron chi connectivity index (χ3n) is 2.85. The lowest BCUT2D eigenvalue weighted by atomic mass is 10.1. The van der Waals surface area contributed by atoms with Crippen LogP contribution in [0.5, 0.6) is 0 Å². The van der Waals surface area contributed by atoms with E-state index in [1.165, 1.54) is 12.1 Å². The number of halogens is 5. The SMILES string of the molecule is O=C(/C=C/c1ccc(Cl)c(C(F)(F)F)c1)Nc1ccccc1Cl. The minimum absolute atomic E-state index is 0.205. The summed E-state index contributed by atoms with van der Waals surface area (Å²) in [5.74, 6) is -0.512. The molecule has 1 amide bonds. The third-order valence-corrected chi connectivity index (χ3v) is 3.51. The second-order valence-corrected chi connectivity index (χ2v) is 5.35. The molecule has 0 atom stereocenters. The van der Waals surface area contributed by atoms with Crippen LogP contribution in [0.1, 0.15) is 11.1 Å². The van der Waals surface area contributed by atoms with Gasteiger partial charge in [0, 0.05) is 6.08 Å². The topological polar surface area (TPSA) is 29.1 Å². The summed E-state index contributed by atoms with van der Waals surface area (Å²) in [5, 5.41) is 2.50. The van der Waals surface area contributed by atoms with Gasteiger partial charge in [-0.15, -0.1) is 0 Å². The molecule has 23 heavy (non-hydrogen) atoms. The zero-order chi connectivity index (χ0) is 17.0. The summed E-state index contributed by atoms with van der Waals surface area (Å²) in [6, 6.07) is 10.0. The number of alkyl halides is 3. The average Bonchev–Trinajstić information content (AvgIpc) is 2.47. The van der Waals surface area contributed by atoms with Gasteiger partial charge >= 0.3 is 6.18 Å². The predicted octanol–water partition coefficient (Wildman–Crippen LogP) is 5.66. The molecule has 0 aromatic heterocycles. The Bertz CT molecular complexity index is 757.